The van der Waals surface area contributed by atoms with E-state index < -0.39 is 0 Å². The molecule has 1 aliphatic heterocycles. The first-order valence-electron chi connectivity index (χ1n) is 7.57. The van der Waals surface area contributed by atoms with E-state index in [1.54, 1.807) is 0 Å². The van der Waals surface area contributed by atoms with E-state index in [2.05, 4.69) is 29.8 Å². The second-order valence-corrected chi connectivity index (χ2v) is 5.76. The molecule has 1 heterocycles. The molecule has 0 spiro atoms. The summed E-state index contributed by atoms with van der Waals surface area (Å²) in [5.74, 6) is 0.759. The highest BCUT2D eigenvalue weighted by molar-refractivity contribution is 5.96. The number of rotatable bonds is 6. The fourth-order valence-corrected chi connectivity index (χ4v) is 2.36. The summed E-state index contributed by atoms with van der Waals surface area (Å²) in [5.41, 5.74) is 2.82. The molecule has 1 aromatic rings. The smallest absolute Gasteiger partial charge is 0.251 e. The lowest BCUT2D eigenvalue weighted by atomic mass is 10.1. The van der Waals surface area contributed by atoms with Crippen molar-refractivity contribution in [3.8, 4) is 0 Å². The fourth-order valence-electron chi connectivity index (χ4n) is 2.36. The van der Waals surface area contributed by atoms with Gasteiger partial charge in [0.2, 0.25) is 0 Å². The van der Waals surface area contributed by atoms with Gasteiger partial charge in [0.15, 0.2) is 0 Å². The highest BCUT2D eigenvalue weighted by Gasteiger charge is 2.11. The summed E-state index contributed by atoms with van der Waals surface area (Å²) >= 11 is 0. The number of benzene rings is 1. The van der Waals surface area contributed by atoms with Gasteiger partial charge in [0.05, 0.1) is 11.4 Å². The van der Waals surface area contributed by atoms with Crippen LogP contribution in [0.25, 0.3) is 0 Å². The van der Waals surface area contributed by atoms with Crippen LogP contribution in [0.4, 0.5) is 11.4 Å². The van der Waals surface area contributed by atoms with Gasteiger partial charge in [-0.1, -0.05) is 26.7 Å². The molecule has 2 rings (SSSR count). The number of nitrogens with one attached hydrogen (secondary N) is 3. The van der Waals surface area contributed by atoms with Crippen LogP contribution in [0.15, 0.2) is 18.2 Å². The third-order valence-corrected chi connectivity index (χ3v) is 3.53. The monoisotopic (exact) mass is 275 g/mol. The Balaban J connectivity index is 1.80. The van der Waals surface area contributed by atoms with Crippen molar-refractivity contribution in [1.29, 1.82) is 0 Å². The molecule has 0 bridgehead atoms. The average Bonchev–Trinajstić information content (AvgIpc) is 2.46. The molecule has 20 heavy (non-hydrogen) atoms. The number of carbonyl (C=O) groups excluding carboxylic acids is 1. The van der Waals surface area contributed by atoms with Gasteiger partial charge in [-0.15, -0.1) is 0 Å². The molecular weight excluding hydrogens is 250 g/mol. The highest BCUT2D eigenvalue weighted by atomic mass is 16.1. The van der Waals surface area contributed by atoms with Gasteiger partial charge in [-0.25, -0.2) is 0 Å². The summed E-state index contributed by atoms with van der Waals surface area (Å²) < 4.78 is 0. The van der Waals surface area contributed by atoms with E-state index in [-0.39, 0.29) is 5.91 Å². The molecule has 1 aliphatic rings. The Morgan fingerprint density at radius 1 is 1.20 bits per heavy atom. The average molecular weight is 275 g/mol. The predicted molar refractivity (Wildman–Crippen MR) is 84.4 cm³/mol. The van der Waals surface area contributed by atoms with Gasteiger partial charge in [0, 0.05) is 25.2 Å². The van der Waals surface area contributed by atoms with Crippen molar-refractivity contribution in [3.63, 3.8) is 0 Å². The molecule has 110 valence electrons. The maximum atomic E-state index is 12.1. The third kappa shape index (κ3) is 4.15. The minimum absolute atomic E-state index is 0.0183. The molecule has 0 atom stereocenters. The molecule has 1 amide bonds. The van der Waals surface area contributed by atoms with Crippen LogP contribution < -0.4 is 16.0 Å². The Hall–Kier alpha value is -1.71. The Morgan fingerprint density at radius 3 is 2.70 bits per heavy atom. The second-order valence-electron chi connectivity index (χ2n) is 5.76. The molecular formula is C16H25N3O. The second kappa shape index (κ2) is 7.17. The van der Waals surface area contributed by atoms with Crippen LogP contribution in [0.5, 0.6) is 0 Å². The molecule has 0 unspecified atom stereocenters. The van der Waals surface area contributed by atoms with Crippen molar-refractivity contribution in [2.45, 2.75) is 33.1 Å². The zero-order valence-corrected chi connectivity index (χ0v) is 12.5. The van der Waals surface area contributed by atoms with E-state index in [9.17, 15) is 4.79 Å². The Bertz CT molecular complexity index is 457. The molecule has 4 nitrogen and oxygen atoms in total. The lowest BCUT2D eigenvalue weighted by molar-refractivity contribution is 0.0953. The number of fused-ring (bicyclic) bond motifs is 1. The van der Waals surface area contributed by atoms with Crippen LogP contribution in [-0.4, -0.2) is 25.5 Å². The van der Waals surface area contributed by atoms with Gasteiger partial charge in [-0.05, 0) is 30.5 Å². The zero-order chi connectivity index (χ0) is 14.4. The zero-order valence-electron chi connectivity index (χ0n) is 12.5. The summed E-state index contributed by atoms with van der Waals surface area (Å²) in [5, 5.41) is 9.60. The van der Waals surface area contributed by atoms with Crippen LogP contribution in [0.1, 0.15) is 43.5 Å². The van der Waals surface area contributed by atoms with Gasteiger partial charge in [-0.2, -0.15) is 0 Å². The van der Waals surface area contributed by atoms with Crippen molar-refractivity contribution in [1.82, 2.24) is 5.32 Å². The SMILES string of the molecule is CC(C)CCCCNC(=O)c1ccc2c(c1)NCCN2. The maximum absolute atomic E-state index is 12.1. The van der Waals surface area contributed by atoms with E-state index in [1.165, 1.54) is 12.8 Å². The van der Waals surface area contributed by atoms with Gasteiger partial charge in [0.25, 0.3) is 5.91 Å². The van der Waals surface area contributed by atoms with Crippen LogP contribution in [0.3, 0.4) is 0 Å². The van der Waals surface area contributed by atoms with Crippen molar-refractivity contribution < 1.29 is 4.79 Å². The lowest BCUT2D eigenvalue weighted by Crippen LogP contribution is -2.25. The topological polar surface area (TPSA) is 53.2 Å². The van der Waals surface area contributed by atoms with Gasteiger partial charge >= 0.3 is 0 Å². The lowest BCUT2D eigenvalue weighted by Gasteiger charge is -2.20. The van der Waals surface area contributed by atoms with Crippen LogP contribution >= 0.6 is 0 Å². The molecule has 3 N–H and O–H groups in total. The van der Waals surface area contributed by atoms with Gasteiger partial charge in [0.1, 0.15) is 0 Å². The Morgan fingerprint density at radius 2 is 1.95 bits per heavy atom. The van der Waals surface area contributed by atoms with E-state index >= 15 is 0 Å². The normalized spacial score (nSPS) is 13.3. The minimum Gasteiger partial charge on any atom is -0.382 e. The molecule has 0 aromatic heterocycles. The molecule has 0 saturated carbocycles. The Labute approximate surface area is 121 Å². The van der Waals surface area contributed by atoms with E-state index in [1.807, 2.05) is 18.2 Å². The summed E-state index contributed by atoms with van der Waals surface area (Å²) in [4.78, 5) is 12.1. The van der Waals surface area contributed by atoms with Gasteiger partial charge in [-0.3, -0.25) is 4.79 Å². The van der Waals surface area contributed by atoms with Gasteiger partial charge < -0.3 is 16.0 Å². The largest absolute Gasteiger partial charge is 0.382 e. The van der Waals surface area contributed by atoms with E-state index in [0.717, 1.165) is 48.9 Å². The summed E-state index contributed by atoms with van der Waals surface area (Å²) in [7, 11) is 0. The molecule has 4 heteroatoms. The molecule has 0 saturated heterocycles. The molecule has 0 aliphatic carbocycles. The standard InChI is InChI=1S/C16H25N3O/c1-12(2)5-3-4-8-19-16(20)13-6-7-14-15(11-13)18-10-9-17-14/h6-7,11-12,17-18H,3-5,8-10H2,1-2H3,(H,19,20). The Kier molecular flexibility index (Phi) is 5.27. The highest BCUT2D eigenvalue weighted by Crippen LogP contribution is 2.25. The third-order valence-electron chi connectivity index (χ3n) is 3.53. The first-order chi connectivity index (χ1) is 9.66. The molecule has 1 aromatic carbocycles. The summed E-state index contributed by atoms with van der Waals surface area (Å²) in [6.45, 7) is 7.04. The van der Waals surface area contributed by atoms with Crippen LogP contribution in [0.2, 0.25) is 0 Å². The number of unbranched alkanes of at least 4 members (excludes halogenated alkanes) is 1. The van der Waals surface area contributed by atoms with Crippen molar-refractivity contribution >= 4 is 17.3 Å². The predicted octanol–water partition coefficient (Wildman–Crippen LogP) is 3.08. The minimum atomic E-state index is 0.0183. The fraction of sp³-hybridized carbons (Fsp3) is 0.562. The number of hydrogen-bond acceptors (Lipinski definition) is 3. The number of amides is 1. The number of carbonyl (C=O) groups is 1. The van der Waals surface area contributed by atoms with Crippen LogP contribution in [-0.2, 0) is 0 Å². The van der Waals surface area contributed by atoms with Crippen LogP contribution in [0, 0.1) is 5.92 Å². The quantitative estimate of drug-likeness (QED) is 0.699. The maximum Gasteiger partial charge on any atom is 0.251 e. The number of anilines is 2. The van der Waals surface area contributed by atoms with Crippen molar-refractivity contribution in [2.24, 2.45) is 5.92 Å². The summed E-state index contributed by atoms with van der Waals surface area (Å²) in [6.07, 6.45) is 3.45. The van der Waals surface area contributed by atoms with Crippen molar-refractivity contribution in [3.05, 3.63) is 23.8 Å². The number of hydrogen-bond donors (Lipinski definition) is 3. The summed E-state index contributed by atoms with van der Waals surface area (Å²) in [6, 6.07) is 5.77. The first-order valence-corrected chi connectivity index (χ1v) is 7.57. The molecule has 0 fully saturated rings. The van der Waals surface area contributed by atoms with Crippen molar-refractivity contribution in [2.75, 3.05) is 30.3 Å². The molecule has 0 radical (unpaired) electrons. The first kappa shape index (κ1) is 14.7. The van der Waals surface area contributed by atoms with E-state index in [4.69, 9.17) is 0 Å². The van der Waals surface area contributed by atoms with E-state index in [0.29, 0.717) is 0 Å².